The molecule has 0 spiro atoms. The van der Waals surface area contributed by atoms with Crippen LogP contribution in [0.1, 0.15) is 26.3 Å². The molecule has 1 aromatic carbocycles. The molecule has 0 saturated carbocycles. The molecule has 120 valence electrons. The molecule has 0 aliphatic carbocycles. The maximum atomic E-state index is 13.2. The molecule has 6 nitrogen and oxygen atoms in total. The third-order valence-electron chi connectivity index (χ3n) is 3.84. The average Bonchev–Trinajstić information content (AvgIpc) is 2.92. The van der Waals surface area contributed by atoms with E-state index in [0.717, 1.165) is 11.3 Å². The fraction of sp³-hybridized carbons (Fsp3) is 0.467. The summed E-state index contributed by atoms with van der Waals surface area (Å²) in [6, 6.07) is 6.27. The number of non-ortho nitro benzene ring substituents is 1. The van der Waals surface area contributed by atoms with E-state index in [-0.39, 0.29) is 23.7 Å². The van der Waals surface area contributed by atoms with Crippen molar-refractivity contribution in [1.29, 1.82) is 0 Å². The van der Waals surface area contributed by atoms with Gasteiger partial charge in [-0.1, -0.05) is 20.8 Å². The summed E-state index contributed by atoms with van der Waals surface area (Å²) in [6.07, 6.45) is 1.84. The van der Waals surface area contributed by atoms with Crippen LogP contribution in [0.25, 0.3) is 5.70 Å². The molecule has 0 radical (unpaired) electrons. The molecule has 0 aromatic heterocycles. The summed E-state index contributed by atoms with van der Waals surface area (Å²) in [4.78, 5) is 10.2. The molecular weight excluding hydrogens is 287 g/mol. The van der Waals surface area contributed by atoms with Crippen LogP contribution in [0, 0.1) is 21.4 Å². The second-order valence-electron chi connectivity index (χ2n) is 6.45. The molecule has 1 aromatic rings. The zero-order valence-corrected chi connectivity index (χ0v) is 13.0. The van der Waals surface area contributed by atoms with E-state index < -0.39 is 4.92 Å². The number of nitro groups is 1. The molecule has 1 unspecified atom stereocenters. The lowest BCUT2D eigenvalue weighted by Gasteiger charge is -2.31. The average molecular weight is 308 g/mol. The van der Waals surface area contributed by atoms with E-state index in [1.165, 1.54) is 12.1 Å². The van der Waals surface area contributed by atoms with Gasteiger partial charge in [0, 0.05) is 36.4 Å². The van der Waals surface area contributed by atoms with Crippen LogP contribution in [0.15, 0.2) is 30.5 Å². The van der Waals surface area contributed by atoms with Crippen LogP contribution >= 0.6 is 0 Å². The minimum absolute atomic E-state index is 0.0531. The van der Waals surface area contributed by atoms with E-state index in [0.29, 0.717) is 6.54 Å². The molecule has 1 heterocycles. The number of nitrogens with one attached hydrogen (secondary N) is 2. The third kappa shape index (κ3) is 3.73. The van der Waals surface area contributed by atoms with Gasteiger partial charge in [-0.2, -0.15) is 0 Å². The van der Waals surface area contributed by atoms with Crippen LogP contribution < -0.4 is 11.0 Å². The second-order valence-corrected chi connectivity index (χ2v) is 6.45. The van der Waals surface area contributed by atoms with Crippen molar-refractivity contribution < 1.29 is 9.31 Å². The highest BCUT2D eigenvalue weighted by atomic mass is 19.1. The Morgan fingerprint density at radius 3 is 2.45 bits per heavy atom. The normalized spacial score (nSPS) is 16.2. The van der Waals surface area contributed by atoms with Gasteiger partial charge in [-0.3, -0.25) is 19.5 Å². The fourth-order valence-corrected chi connectivity index (χ4v) is 2.15. The van der Waals surface area contributed by atoms with E-state index >= 15 is 0 Å². The zero-order valence-electron chi connectivity index (χ0n) is 13.0. The summed E-state index contributed by atoms with van der Waals surface area (Å²) in [5.74, 6) is -0.103. The highest BCUT2D eigenvalue weighted by Crippen LogP contribution is 2.28. The van der Waals surface area contributed by atoms with Gasteiger partial charge in [0.25, 0.3) is 5.69 Å². The first kappa shape index (κ1) is 16.2. The Bertz CT molecular complexity index is 566. The number of nitrogens with zero attached hydrogens (tertiary/aromatic N) is 2. The van der Waals surface area contributed by atoms with Crippen molar-refractivity contribution in [2.24, 2.45) is 11.3 Å². The van der Waals surface area contributed by atoms with Gasteiger partial charge in [-0.25, -0.2) is 0 Å². The maximum absolute atomic E-state index is 13.2. The molecule has 1 aliphatic heterocycles. The smallest absolute Gasteiger partial charge is 0.269 e. The number of nitro benzene ring substituents is 1. The van der Waals surface area contributed by atoms with E-state index in [1.807, 2.05) is 27.0 Å². The van der Waals surface area contributed by atoms with Gasteiger partial charge >= 0.3 is 0 Å². The summed E-state index contributed by atoms with van der Waals surface area (Å²) < 4.78 is 13.2. The van der Waals surface area contributed by atoms with Gasteiger partial charge in [-0.15, -0.1) is 5.53 Å². The Hall–Kier alpha value is -2.15. The molecule has 2 rings (SSSR count). The van der Waals surface area contributed by atoms with E-state index in [4.69, 9.17) is 0 Å². The maximum Gasteiger partial charge on any atom is 0.269 e. The quantitative estimate of drug-likeness (QED) is 0.646. The molecule has 1 atom stereocenters. The number of alkyl halides is 1. The number of halogens is 1. The van der Waals surface area contributed by atoms with Crippen molar-refractivity contribution in [2.75, 3.05) is 13.2 Å². The first-order valence-electron chi connectivity index (χ1n) is 7.12. The first-order chi connectivity index (χ1) is 10.3. The van der Waals surface area contributed by atoms with Crippen molar-refractivity contribution in [3.63, 3.8) is 0 Å². The predicted octanol–water partition coefficient (Wildman–Crippen LogP) is 2.85. The van der Waals surface area contributed by atoms with Crippen molar-refractivity contribution in [3.8, 4) is 0 Å². The summed E-state index contributed by atoms with van der Waals surface area (Å²) >= 11 is 0. The Kier molecular flexibility index (Phi) is 4.65. The van der Waals surface area contributed by atoms with Crippen LogP contribution in [-0.2, 0) is 0 Å². The summed E-state index contributed by atoms with van der Waals surface area (Å²) in [7, 11) is 0. The largest absolute Gasteiger partial charge is 0.302 e. The first-order valence-corrected chi connectivity index (χ1v) is 7.12. The molecule has 0 fully saturated rings. The van der Waals surface area contributed by atoms with Gasteiger partial charge in [0.05, 0.1) is 17.3 Å². The summed E-state index contributed by atoms with van der Waals surface area (Å²) in [5, 5.41) is 12.5. The summed E-state index contributed by atoms with van der Waals surface area (Å²) in [5.41, 5.74) is 7.52. The van der Waals surface area contributed by atoms with Crippen molar-refractivity contribution >= 4 is 11.4 Å². The molecule has 22 heavy (non-hydrogen) atoms. The van der Waals surface area contributed by atoms with Crippen molar-refractivity contribution in [1.82, 2.24) is 16.0 Å². The molecule has 7 heteroatoms. The van der Waals surface area contributed by atoms with Crippen LogP contribution in [-0.4, -0.2) is 23.2 Å². The monoisotopic (exact) mass is 308 g/mol. The number of rotatable bonds is 5. The van der Waals surface area contributed by atoms with Crippen LogP contribution in [0.4, 0.5) is 10.1 Å². The minimum atomic E-state index is -0.431. The Balaban J connectivity index is 2.07. The lowest BCUT2D eigenvalue weighted by molar-refractivity contribution is -0.384. The fourth-order valence-electron chi connectivity index (χ4n) is 2.15. The molecule has 1 aliphatic rings. The second kappa shape index (κ2) is 6.31. The Morgan fingerprint density at radius 1 is 1.32 bits per heavy atom. The van der Waals surface area contributed by atoms with Gasteiger partial charge in [0.15, 0.2) is 0 Å². The Morgan fingerprint density at radius 2 is 1.95 bits per heavy atom. The number of hydrogen-bond donors (Lipinski definition) is 2. The van der Waals surface area contributed by atoms with Gasteiger partial charge < -0.3 is 5.43 Å². The molecular formula is C15H21FN4O2. The molecule has 0 bridgehead atoms. The standard InChI is InChI=1S/C15H21FN4O2/c1-15(2,3)12(8-16)9-19-10-14(17-18-19)11-4-6-13(7-5-11)20(21)22/h4-7,10,12,17-18H,8-9H2,1-3H3. The van der Waals surface area contributed by atoms with E-state index in [2.05, 4.69) is 11.0 Å². The van der Waals surface area contributed by atoms with Crippen LogP contribution in [0.2, 0.25) is 0 Å². The van der Waals surface area contributed by atoms with Crippen LogP contribution in [0.3, 0.4) is 0 Å². The van der Waals surface area contributed by atoms with E-state index in [9.17, 15) is 14.5 Å². The zero-order chi connectivity index (χ0) is 16.3. The lowest BCUT2D eigenvalue weighted by Crippen LogP contribution is -2.42. The predicted molar refractivity (Wildman–Crippen MR) is 83.0 cm³/mol. The van der Waals surface area contributed by atoms with Gasteiger partial charge in [0.1, 0.15) is 0 Å². The third-order valence-corrected chi connectivity index (χ3v) is 3.84. The number of hydrogen-bond acceptors (Lipinski definition) is 5. The van der Waals surface area contributed by atoms with Crippen molar-refractivity contribution in [3.05, 3.63) is 46.1 Å². The van der Waals surface area contributed by atoms with Crippen LogP contribution in [0.5, 0.6) is 0 Å². The van der Waals surface area contributed by atoms with Gasteiger partial charge in [0.2, 0.25) is 0 Å². The highest BCUT2D eigenvalue weighted by Gasteiger charge is 2.27. The lowest BCUT2D eigenvalue weighted by atomic mass is 9.81. The van der Waals surface area contributed by atoms with E-state index in [1.54, 1.807) is 17.1 Å². The van der Waals surface area contributed by atoms with Crippen molar-refractivity contribution in [2.45, 2.75) is 20.8 Å². The number of hydrazine groups is 2. The highest BCUT2D eigenvalue weighted by molar-refractivity contribution is 5.65. The Labute approximate surface area is 129 Å². The molecule has 0 amide bonds. The summed E-state index contributed by atoms with van der Waals surface area (Å²) in [6.45, 7) is 6.19. The molecule has 0 saturated heterocycles. The number of benzene rings is 1. The SMILES string of the molecule is CC(C)(C)C(CF)CN1C=C(c2ccc([N+](=O)[O-])cc2)NN1. The molecule has 2 N–H and O–H groups in total. The minimum Gasteiger partial charge on any atom is -0.302 e. The van der Waals surface area contributed by atoms with Gasteiger partial charge in [-0.05, 0) is 17.5 Å². The topological polar surface area (TPSA) is 70.4 Å².